The van der Waals surface area contributed by atoms with Gasteiger partial charge in [0.15, 0.2) is 11.6 Å². The molecule has 1 saturated carbocycles. The van der Waals surface area contributed by atoms with Crippen molar-refractivity contribution in [3.63, 3.8) is 0 Å². The van der Waals surface area contributed by atoms with Gasteiger partial charge in [0.25, 0.3) is 0 Å². The van der Waals surface area contributed by atoms with E-state index in [9.17, 15) is 18.4 Å². The minimum atomic E-state index is -0.994. The van der Waals surface area contributed by atoms with Crippen molar-refractivity contribution in [2.45, 2.75) is 39.2 Å². The molecule has 148 valence electrons. The van der Waals surface area contributed by atoms with Crippen LogP contribution in [0.15, 0.2) is 42.5 Å². The fourth-order valence-electron chi connectivity index (χ4n) is 3.59. The van der Waals surface area contributed by atoms with Gasteiger partial charge in [-0.15, -0.1) is 0 Å². The Morgan fingerprint density at radius 1 is 0.929 bits per heavy atom. The van der Waals surface area contributed by atoms with Crippen LogP contribution >= 0.6 is 0 Å². The second kappa shape index (κ2) is 8.95. The lowest BCUT2D eigenvalue weighted by molar-refractivity contribution is -0.128. The average Bonchev–Trinajstić information content (AvgIpc) is 2.69. The molecular formula is C22H24F2N2O2. The fraction of sp³-hybridized carbons (Fsp3) is 0.364. The van der Waals surface area contributed by atoms with Crippen molar-refractivity contribution in [2.75, 3.05) is 5.32 Å². The third-order valence-corrected chi connectivity index (χ3v) is 5.21. The summed E-state index contributed by atoms with van der Waals surface area (Å²) in [5, 5.41) is 5.60. The number of rotatable bonds is 5. The van der Waals surface area contributed by atoms with E-state index in [1.54, 1.807) is 0 Å². The zero-order chi connectivity index (χ0) is 20.1. The molecule has 1 aliphatic rings. The van der Waals surface area contributed by atoms with Crippen molar-refractivity contribution in [3.05, 3.63) is 65.2 Å². The number of nitrogens with one attached hydrogen (secondary N) is 2. The van der Waals surface area contributed by atoms with Gasteiger partial charge in [-0.05, 0) is 50.3 Å². The Labute approximate surface area is 163 Å². The first-order valence-electron chi connectivity index (χ1n) is 9.51. The topological polar surface area (TPSA) is 58.2 Å². The van der Waals surface area contributed by atoms with Gasteiger partial charge in [-0.2, -0.15) is 0 Å². The summed E-state index contributed by atoms with van der Waals surface area (Å²) in [4.78, 5) is 24.8. The molecule has 0 bridgehead atoms. The van der Waals surface area contributed by atoms with Gasteiger partial charge in [-0.25, -0.2) is 8.78 Å². The number of anilines is 1. The summed E-state index contributed by atoms with van der Waals surface area (Å²) in [5.74, 6) is -2.47. The lowest BCUT2D eigenvalue weighted by atomic mass is 9.81. The molecule has 2 amide bonds. The molecule has 0 aliphatic heterocycles. The fourth-order valence-corrected chi connectivity index (χ4v) is 3.59. The summed E-state index contributed by atoms with van der Waals surface area (Å²) < 4.78 is 26.2. The van der Waals surface area contributed by atoms with E-state index < -0.39 is 11.6 Å². The highest BCUT2D eigenvalue weighted by Crippen LogP contribution is 2.30. The Morgan fingerprint density at radius 3 is 2.25 bits per heavy atom. The number of aryl methyl sites for hydroxylation is 1. The number of benzene rings is 2. The summed E-state index contributed by atoms with van der Waals surface area (Å²) in [6.45, 7) is 2.51. The Hall–Kier alpha value is -2.76. The monoisotopic (exact) mass is 386 g/mol. The van der Waals surface area contributed by atoms with Crippen LogP contribution in [-0.4, -0.2) is 11.8 Å². The van der Waals surface area contributed by atoms with E-state index in [1.807, 2.05) is 31.2 Å². The maximum Gasteiger partial charge on any atom is 0.227 e. The van der Waals surface area contributed by atoms with E-state index in [4.69, 9.17) is 0 Å². The first-order chi connectivity index (χ1) is 13.4. The average molecular weight is 386 g/mol. The number of hydrogen-bond donors (Lipinski definition) is 2. The zero-order valence-corrected chi connectivity index (χ0v) is 15.8. The molecule has 0 radical (unpaired) electrons. The van der Waals surface area contributed by atoms with Crippen LogP contribution in [0.1, 0.15) is 36.8 Å². The predicted octanol–water partition coefficient (Wildman–Crippen LogP) is 4.33. The van der Waals surface area contributed by atoms with Gasteiger partial charge in [-0.1, -0.05) is 29.8 Å². The minimum absolute atomic E-state index is 0.0148. The Kier molecular flexibility index (Phi) is 6.39. The summed E-state index contributed by atoms with van der Waals surface area (Å²) in [6, 6.07) is 11.3. The summed E-state index contributed by atoms with van der Waals surface area (Å²) in [5.41, 5.74) is 2.45. The smallest absolute Gasteiger partial charge is 0.227 e. The highest BCUT2D eigenvalue weighted by molar-refractivity contribution is 5.92. The van der Waals surface area contributed by atoms with Crippen molar-refractivity contribution in [3.8, 4) is 0 Å². The van der Waals surface area contributed by atoms with Crippen molar-refractivity contribution in [1.82, 2.24) is 5.32 Å². The number of carbonyl (C=O) groups is 2. The highest BCUT2D eigenvalue weighted by atomic mass is 19.2. The maximum absolute atomic E-state index is 13.3. The van der Waals surface area contributed by atoms with Gasteiger partial charge in [-0.3, -0.25) is 9.59 Å². The third kappa shape index (κ3) is 5.15. The molecule has 28 heavy (non-hydrogen) atoms. The first-order valence-corrected chi connectivity index (χ1v) is 9.51. The molecule has 0 unspecified atom stereocenters. The van der Waals surface area contributed by atoms with Gasteiger partial charge >= 0.3 is 0 Å². The van der Waals surface area contributed by atoms with Crippen LogP contribution < -0.4 is 10.6 Å². The molecule has 0 heterocycles. The van der Waals surface area contributed by atoms with Crippen LogP contribution in [0.3, 0.4) is 0 Å². The minimum Gasteiger partial charge on any atom is -0.352 e. The molecule has 6 heteroatoms. The van der Waals surface area contributed by atoms with Crippen molar-refractivity contribution in [1.29, 1.82) is 0 Å². The van der Waals surface area contributed by atoms with Crippen molar-refractivity contribution in [2.24, 2.45) is 11.8 Å². The van der Waals surface area contributed by atoms with E-state index in [0.29, 0.717) is 32.2 Å². The molecule has 0 atom stereocenters. The molecule has 0 saturated heterocycles. The molecule has 0 aromatic heterocycles. The van der Waals surface area contributed by atoms with E-state index in [2.05, 4.69) is 10.6 Å². The molecule has 0 spiro atoms. The summed E-state index contributed by atoms with van der Waals surface area (Å²) >= 11 is 0. The quantitative estimate of drug-likeness (QED) is 0.803. The molecule has 2 N–H and O–H groups in total. The number of amides is 2. The second-order valence-electron chi connectivity index (χ2n) is 7.37. The highest BCUT2D eigenvalue weighted by Gasteiger charge is 2.30. The van der Waals surface area contributed by atoms with Crippen LogP contribution in [0.25, 0.3) is 0 Å². The number of hydrogen-bond acceptors (Lipinski definition) is 2. The van der Waals surface area contributed by atoms with Gasteiger partial charge < -0.3 is 10.6 Å². The lowest BCUT2D eigenvalue weighted by Crippen LogP contribution is -2.35. The van der Waals surface area contributed by atoms with E-state index in [-0.39, 0.29) is 29.3 Å². The zero-order valence-electron chi connectivity index (χ0n) is 15.8. The Balaban J connectivity index is 1.46. The molecule has 2 aromatic carbocycles. The Bertz CT molecular complexity index is 861. The molecule has 4 nitrogen and oxygen atoms in total. The van der Waals surface area contributed by atoms with Crippen LogP contribution in [-0.2, 0) is 16.1 Å². The maximum atomic E-state index is 13.3. The normalized spacial score (nSPS) is 19.1. The molecular weight excluding hydrogens is 362 g/mol. The summed E-state index contributed by atoms with van der Waals surface area (Å²) in [6.07, 6.45) is 2.46. The Morgan fingerprint density at radius 2 is 1.61 bits per heavy atom. The predicted molar refractivity (Wildman–Crippen MR) is 103 cm³/mol. The first kappa shape index (κ1) is 20.0. The SMILES string of the molecule is Cc1cccc(CNC(=O)C2CCC(C(=O)Nc3ccc(F)c(F)c3)CC2)c1. The molecule has 1 fully saturated rings. The van der Waals surface area contributed by atoms with Crippen LogP contribution in [0.4, 0.5) is 14.5 Å². The number of carbonyl (C=O) groups excluding carboxylic acids is 2. The standard InChI is InChI=1S/C22H24F2N2O2/c1-14-3-2-4-15(11-14)13-25-21(27)16-5-7-17(8-6-16)22(28)26-18-9-10-19(23)20(24)12-18/h2-4,9-12,16-17H,5-8,13H2,1H3,(H,25,27)(H,26,28). The van der Waals surface area contributed by atoms with Gasteiger partial charge in [0, 0.05) is 30.1 Å². The largest absolute Gasteiger partial charge is 0.352 e. The lowest BCUT2D eigenvalue weighted by Gasteiger charge is -2.27. The van der Waals surface area contributed by atoms with Crippen LogP contribution in [0, 0.1) is 30.4 Å². The van der Waals surface area contributed by atoms with E-state index in [0.717, 1.165) is 23.3 Å². The van der Waals surface area contributed by atoms with E-state index in [1.165, 1.54) is 6.07 Å². The third-order valence-electron chi connectivity index (χ3n) is 5.21. The van der Waals surface area contributed by atoms with Crippen molar-refractivity contribution >= 4 is 17.5 Å². The second-order valence-corrected chi connectivity index (χ2v) is 7.37. The molecule has 3 rings (SSSR count). The number of halogens is 2. The van der Waals surface area contributed by atoms with Gasteiger partial charge in [0.05, 0.1) is 0 Å². The van der Waals surface area contributed by atoms with Crippen LogP contribution in [0.5, 0.6) is 0 Å². The summed E-state index contributed by atoms with van der Waals surface area (Å²) in [7, 11) is 0. The van der Waals surface area contributed by atoms with E-state index >= 15 is 0 Å². The van der Waals surface area contributed by atoms with Crippen LogP contribution in [0.2, 0.25) is 0 Å². The van der Waals surface area contributed by atoms with Crippen molar-refractivity contribution < 1.29 is 18.4 Å². The van der Waals surface area contributed by atoms with Gasteiger partial charge in [0.2, 0.25) is 11.8 Å². The molecule has 2 aromatic rings. The van der Waals surface area contributed by atoms with Gasteiger partial charge in [0.1, 0.15) is 0 Å². The molecule has 1 aliphatic carbocycles.